The van der Waals surface area contributed by atoms with E-state index in [0.29, 0.717) is 0 Å². The van der Waals surface area contributed by atoms with Crippen LogP contribution in [0.15, 0.2) is 26.8 Å². The van der Waals surface area contributed by atoms with Crippen LogP contribution >= 0.6 is 31.9 Å². The van der Waals surface area contributed by atoms with Gasteiger partial charge < -0.3 is 5.32 Å². The maximum atomic E-state index is 13.5. The van der Waals surface area contributed by atoms with Gasteiger partial charge in [0.15, 0.2) is 5.82 Å². The number of hydrogen-bond acceptors (Lipinski definition) is 3. The second-order valence-corrected chi connectivity index (χ2v) is 4.42. The van der Waals surface area contributed by atoms with Crippen molar-refractivity contribution >= 4 is 37.5 Å². The molecule has 7 heteroatoms. The molecule has 0 amide bonds. The van der Waals surface area contributed by atoms with Gasteiger partial charge in [0, 0.05) is 6.20 Å². The SMILES string of the molecule is N#CC(C#N)=CNc1c(F)cc(Br)c(F)c1Br. The van der Waals surface area contributed by atoms with Gasteiger partial charge in [-0.25, -0.2) is 8.78 Å². The zero-order valence-electron chi connectivity index (χ0n) is 8.06. The number of anilines is 1. The zero-order chi connectivity index (χ0) is 13.0. The first-order valence-corrected chi connectivity index (χ1v) is 5.69. The maximum absolute atomic E-state index is 13.5. The van der Waals surface area contributed by atoms with Gasteiger partial charge in [-0.3, -0.25) is 0 Å². The van der Waals surface area contributed by atoms with Gasteiger partial charge in [-0.05, 0) is 37.9 Å². The zero-order valence-corrected chi connectivity index (χ0v) is 11.2. The van der Waals surface area contributed by atoms with Crippen LogP contribution in [0, 0.1) is 34.3 Å². The molecule has 0 aliphatic heterocycles. The van der Waals surface area contributed by atoms with Gasteiger partial charge in [-0.2, -0.15) is 10.5 Å². The molecule has 0 atom stereocenters. The van der Waals surface area contributed by atoms with Crippen molar-refractivity contribution in [2.45, 2.75) is 0 Å². The molecule has 0 saturated heterocycles. The molecule has 0 radical (unpaired) electrons. The van der Waals surface area contributed by atoms with Gasteiger partial charge in [0.1, 0.15) is 23.5 Å². The van der Waals surface area contributed by atoms with Gasteiger partial charge in [-0.15, -0.1) is 0 Å². The Morgan fingerprint density at radius 3 is 2.41 bits per heavy atom. The predicted molar refractivity (Wildman–Crippen MR) is 64.7 cm³/mol. The van der Waals surface area contributed by atoms with E-state index in [1.807, 2.05) is 0 Å². The lowest BCUT2D eigenvalue weighted by molar-refractivity contribution is 0.592. The fraction of sp³-hybridized carbons (Fsp3) is 0. The summed E-state index contributed by atoms with van der Waals surface area (Å²) in [5.74, 6) is -1.41. The Kier molecular flexibility index (Phi) is 4.62. The predicted octanol–water partition coefficient (Wildman–Crippen LogP) is 3.83. The van der Waals surface area contributed by atoms with E-state index in [9.17, 15) is 8.78 Å². The second kappa shape index (κ2) is 5.76. The third-order valence-corrected chi connectivity index (χ3v) is 3.04. The summed E-state index contributed by atoms with van der Waals surface area (Å²) in [5.41, 5.74) is -0.437. The van der Waals surface area contributed by atoms with Gasteiger partial charge in [0.05, 0.1) is 14.6 Å². The highest BCUT2D eigenvalue weighted by Gasteiger charge is 2.14. The van der Waals surface area contributed by atoms with Crippen LogP contribution in [0.3, 0.4) is 0 Å². The normalized spacial score (nSPS) is 9.06. The van der Waals surface area contributed by atoms with Crippen LogP contribution in [0.2, 0.25) is 0 Å². The van der Waals surface area contributed by atoms with E-state index in [-0.39, 0.29) is 20.2 Å². The molecule has 1 aromatic rings. The van der Waals surface area contributed by atoms with Crippen LogP contribution in [0.4, 0.5) is 14.5 Å². The molecule has 0 heterocycles. The highest BCUT2D eigenvalue weighted by atomic mass is 79.9. The molecular formula is C10H3Br2F2N3. The Morgan fingerprint density at radius 2 is 1.88 bits per heavy atom. The van der Waals surface area contributed by atoms with Crippen LogP contribution in [-0.2, 0) is 0 Å². The quantitative estimate of drug-likeness (QED) is 0.494. The number of benzene rings is 1. The first kappa shape index (κ1) is 13.6. The lowest BCUT2D eigenvalue weighted by Crippen LogP contribution is -1.97. The number of rotatable bonds is 2. The molecule has 0 aromatic heterocycles. The molecule has 0 bridgehead atoms. The molecular weight excluding hydrogens is 360 g/mol. The summed E-state index contributed by atoms with van der Waals surface area (Å²) < 4.78 is 26.7. The fourth-order valence-electron chi connectivity index (χ4n) is 0.932. The topological polar surface area (TPSA) is 59.6 Å². The van der Waals surface area contributed by atoms with Crippen molar-refractivity contribution in [3.05, 3.63) is 38.4 Å². The average molecular weight is 363 g/mol. The molecule has 1 rings (SSSR count). The Morgan fingerprint density at radius 1 is 1.29 bits per heavy atom. The van der Waals surface area contributed by atoms with Crippen molar-refractivity contribution in [2.75, 3.05) is 5.32 Å². The van der Waals surface area contributed by atoms with Gasteiger partial charge in [0.2, 0.25) is 0 Å². The Balaban J connectivity index is 3.18. The van der Waals surface area contributed by atoms with E-state index < -0.39 is 11.6 Å². The number of nitriles is 2. The number of nitrogens with one attached hydrogen (secondary N) is 1. The average Bonchev–Trinajstić information content (AvgIpc) is 2.31. The summed E-state index contributed by atoms with van der Waals surface area (Å²) in [7, 11) is 0. The molecule has 0 aliphatic rings. The lowest BCUT2D eigenvalue weighted by Gasteiger charge is -2.07. The van der Waals surface area contributed by atoms with E-state index in [1.54, 1.807) is 12.1 Å². The van der Waals surface area contributed by atoms with Gasteiger partial charge in [0.25, 0.3) is 0 Å². The van der Waals surface area contributed by atoms with Crippen LogP contribution < -0.4 is 5.32 Å². The largest absolute Gasteiger partial charge is 0.356 e. The van der Waals surface area contributed by atoms with Crippen LogP contribution in [0.5, 0.6) is 0 Å². The molecule has 0 unspecified atom stereocenters. The molecule has 3 nitrogen and oxygen atoms in total. The minimum Gasteiger partial charge on any atom is -0.356 e. The third kappa shape index (κ3) is 3.02. The maximum Gasteiger partial charge on any atom is 0.153 e. The van der Waals surface area contributed by atoms with E-state index >= 15 is 0 Å². The molecule has 86 valence electrons. The van der Waals surface area contributed by atoms with Crippen molar-refractivity contribution in [1.29, 1.82) is 10.5 Å². The van der Waals surface area contributed by atoms with E-state index in [2.05, 4.69) is 37.2 Å². The van der Waals surface area contributed by atoms with E-state index in [4.69, 9.17) is 10.5 Å². The van der Waals surface area contributed by atoms with Crippen LogP contribution in [0.1, 0.15) is 0 Å². The van der Waals surface area contributed by atoms with Gasteiger partial charge >= 0.3 is 0 Å². The summed E-state index contributed by atoms with van der Waals surface area (Å²) in [5, 5.41) is 19.3. The number of halogens is 4. The van der Waals surface area contributed by atoms with Gasteiger partial charge in [-0.1, -0.05) is 0 Å². The van der Waals surface area contributed by atoms with Crippen LogP contribution in [-0.4, -0.2) is 0 Å². The fourth-order valence-corrected chi connectivity index (χ4v) is 2.12. The molecule has 0 spiro atoms. The number of allylic oxidation sites excluding steroid dienone is 1. The summed E-state index contributed by atoms with van der Waals surface area (Å²) >= 11 is 5.72. The van der Waals surface area contributed by atoms with Crippen molar-refractivity contribution in [3.8, 4) is 12.1 Å². The monoisotopic (exact) mass is 361 g/mol. The van der Waals surface area contributed by atoms with E-state index in [1.165, 1.54) is 0 Å². The van der Waals surface area contributed by atoms with Crippen molar-refractivity contribution < 1.29 is 8.78 Å². The van der Waals surface area contributed by atoms with Crippen molar-refractivity contribution in [2.24, 2.45) is 0 Å². The highest BCUT2D eigenvalue weighted by molar-refractivity contribution is 9.11. The van der Waals surface area contributed by atoms with Crippen molar-refractivity contribution in [1.82, 2.24) is 0 Å². The first-order valence-electron chi connectivity index (χ1n) is 4.11. The molecule has 0 fully saturated rings. The summed E-state index contributed by atoms with van der Waals surface area (Å²) in [6.07, 6.45) is 0.997. The summed E-state index contributed by atoms with van der Waals surface area (Å²) in [6.45, 7) is 0. The highest BCUT2D eigenvalue weighted by Crippen LogP contribution is 2.33. The smallest absolute Gasteiger partial charge is 0.153 e. The molecule has 0 saturated carbocycles. The third-order valence-electron chi connectivity index (χ3n) is 1.72. The Labute approximate surface area is 113 Å². The van der Waals surface area contributed by atoms with Crippen LogP contribution in [0.25, 0.3) is 0 Å². The minimum atomic E-state index is -0.725. The Bertz CT molecular complexity index is 554. The number of nitrogens with zero attached hydrogens (tertiary/aromatic N) is 2. The number of hydrogen-bond donors (Lipinski definition) is 1. The summed E-state index contributed by atoms with van der Waals surface area (Å²) in [4.78, 5) is 0. The Hall–Kier alpha value is -1.44. The standard InChI is InChI=1S/C10H3Br2F2N3/c11-6-1-7(13)10(8(12)9(6)14)17-4-5(2-15)3-16/h1,4,17H. The molecule has 1 aromatic carbocycles. The summed E-state index contributed by atoms with van der Waals surface area (Å²) in [6, 6.07) is 4.11. The molecule has 0 aliphatic carbocycles. The molecule has 17 heavy (non-hydrogen) atoms. The van der Waals surface area contributed by atoms with Crippen molar-refractivity contribution in [3.63, 3.8) is 0 Å². The van der Waals surface area contributed by atoms with E-state index in [0.717, 1.165) is 12.3 Å². The lowest BCUT2D eigenvalue weighted by atomic mass is 10.3. The minimum absolute atomic E-state index is 0.0304. The first-order chi connectivity index (χ1) is 8.01. The second-order valence-electron chi connectivity index (χ2n) is 2.77. The molecule has 1 N–H and O–H groups in total.